The number of carbonyl (C=O) groups is 1. The number of aliphatic imine (C=N–C) groups is 1. The highest BCUT2D eigenvalue weighted by molar-refractivity contribution is 6.10. The number of pyridine rings is 1. The summed E-state index contributed by atoms with van der Waals surface area (Å²) in [5.41, 5.74) is 0.799. The van der Waals surface area contributed by atoms with E-state index in [9.17, 15) is 4.79 Å². The minimum atomic E-state index is -0.501. The Labute approximate surface area is 74.6 Å². The largest absolute Gasteiger partial charge is 0.402 e. The highest BCUT2D eigenvalue weighted by atomic mass is 16.6. The van der Waals surface area contributed by atoms with E-state index < -0.39 is 5.97 Å². The zero-order valence-electron chi connectivity index (χ0n) is 6.73. The molecule has 0 amide bonds. The molecule has 0 radical (unpaired) electrons. The van der Waals surface area contributed by atoms with E-state index in [1.165, 1.54) is 0 Å². The Morgan fingerprint density at radius 3 is 2.85 bits per heavy atom. The van der Waals surface area contributed by atoms with Gasteiger partial charge in [0.15, 0.2) is 0 Å². The molecule has 1 aliphatic rings. The highest BCUT2D eigenvalue weighted by Gasteiger charge is 2.21. The number of cyclic esters (lactones) is 1. The lowest BCUT2D eigenvalue weighted by Gasteiger charge is -1.96. The molecular formula is C9H6N2O2. The Bertz CT molecular complexity index is 395. The van der Waals surface area contributed by atoms with Crippen molar-refractivity contribution < 1.29 is 9.53 Å². The van der Waals surface area contributed by atoms with Crippen LogP contribution in [0, 0.1) is 0 Å². The molecule has 0 atom stereocenters. The second kappa shape index (κ2) is 2.82. The van der Waals surface area contributed by atoms with E-state index in [0.29, 0.717) is 5.56 Å². The first-order chi connectivity index (χ1) is 6.27. The summed E-state index contributed by atoms with van der Waals surface area (Å²) in [5.74, 6) is -0.234. The zero-order chi connectivity index (χ0) is 9.26. The average molecular weight is 174 g/mol. The van der Waals surface area contributed by atoms with E-state index in [0.717, 1.165) is 0 Å². The molecule has 64 valence electrons. The molecule has 1 aromatic heterocycles. The van der Waals surface area contributed by atoms with Crippen molar-refractivity contribution in [2.24, 2.45) is 4.99 Å². The van der Waals surface area contributed by atoms with Gasteiger partial charge in [0.1, 0.15) is 5.70 Å². The molecule has 0 spiro atoms. The van der Waals surface area contributed by atoms with Gasteiger partial charge in [-0.3, -0.25) is 4.98 Å². The first-order valence-electron chi connectivity index (χ1n) is 3.67. The molecule has 0 aromatic carbocycles. The summed E-state index contributed by atoms with van der Waals surface area (Å²) in [5, 5.41) is 0. The minimum Gasteiger partial charge on any atom is -0.402 e. The molecule has 2 rings (SSSR count). The quantitative estimate of drug-likeness (QED) is 0.469. The van der Waals surface area contributed by atoms with Crippen LogP contribution in [0.25, 0.3) is 0 Å². The molecule has 0 bridgehead atoms. The normalized spacial score (nSPS) is 15.5. The van der Waals surface area contributed by atoms with Gasteiger partial charge in [0.05, 0.1) is 5.56 Å². The number of carbonyl (C=O) groups excluding carboxylic acids is 1. The topological polar surface area (TPSA) is 51.6 Å². The summed E-state index contributed by atoms with van der Waals surface area (Å²) in [6, 6.07) is 3.50. The summed E-state index contributed by atoms with van der Waals surface area (Å²) < 4.78 is 4.83. The molecule has 0 aliphatic carbocycles. The maximum atomic E-state index is 10.9. The van der Waals surface area contributed by atoms with Gasteiger partial charge in [0.2, 0.25) is 5.90 Å². The number of ether oxygens (including phenoxy) is 1. The predicted octanol–water partition coefficient (Wildman–Crippen LogP) is 0.899. The van der Waals surface area contributed by atoms with Crippen LogP contribution in [-0.2, 0) is 9.53 Å². The molecule has 0 unspecified atom stereocenters. The van der Waals surface area contributed by atoms with Crippen LogP contribution in [0.2, 0.25) is 0 Å². The van der Waals surface area contributed by atoms with Gasteiger partial charge in [-0.25, -0.2) is 9.79 Å². The fourth-order valence-corrected chi connectivity index (χ4v) is 0.950. The first-order valence-corrected chi connectivity index (χ1v) is 3.67. The van der Waals surface area contributed by atoms with Crippen LogP contribution in [0.1, 0.15) is 5.56 Å². The molecule has 1 aliphatic heterocycles. The second-order valence-corrected chi connectivity index (χ2v) is 2.49. The van der Waals surface area contributed by atoms with Crippen molar-refractivity contribution in [3.8, 4) is 0 Å². The molecule has 13 heavy (non-hydrogen) atoms. The Morgan fingerprint density at radius 1 is 1.46 bits per heavy atom. The van der Waals surface area contributed by atoms with Crippen molar-refractivity contribution in [1.29, 1.82) is 0 Å². The SMILES string of the molecule is C=C1N=C(c2cccnc2)OC1=O. The van der Waals surface area contributed by atoms with Crippen molar-refractivity contribution in [2.45, 2.75) is 0 Å². The molecule has 2 heterocycles. The van der Waals surface area contributed by atoms with Crippen molar-refractivity contribution in [2.75, 3.05) is 0 Å². The van der Waals surface area contributed by atoms with Gasteiger partial charge in [-0.2, -0.15) is 0 Å². The number of hydrogen-bond donors (Lipinski definition) is 0. The number of hydrogen-bond acceptors (Lipinski definition) is 4. The van der Waals surface area contributed by atoms with Gasteiger partial charge >= 0.3 is 5.97 Å². The third kappa shape index (κ3) is 1.33. The Balaban J connectivity index is 2.35. The average Bonchev–Trinajstić information content (AvgIpc) is 2.49. The summed E-state index contributed by atoms with van der Waals surface area (Å²) in [6.07, 6.45) is 3.21. The fourth-order valence-electron chi connectivity index (χ4n) is 0.950. The number of nitrogens with zero attached hydrogens (tertiary/aromatic N) is 2. The van der Waals surface area contributed by atoms with Gasteiger partial charge in [-0.15, -0.1) is 0 Å². The molecule has 0 N–H and O–H groups in total. The maximum Gasteiger partial charge on any atom is 0.363 e. The van der Waals surface area contributed by atoms with Crippen LogP contribution in [-0.4, -0.2) is 16.9 Å². The van der Waals surface area contributed by atoms with Crippen molar-refractivity contribution in [3.63, 3.8) is 0 Å². The van der Waals surface area contributed by atoms with E-state index >= 15 is 0 Å². The van der Waals surface area contributed by atoms with Gasteiger partial charge in [-0.1, -0.05) is 6.58 Å². The maximum absolute atomic E-state index is 10.9. The molecule has 4 nitrogen and oxygen atoms in total. The third-order valence-electron chi connectivity index (χ3n) is 1.57. The standard InChI is InChI=1S/C9H6N2O2/c1-6-9(12)13-8(11-6)7-3-2-4-10-5-7/h2-5H,1H2. The third-order valence-corrected chi connectivity index (χ3v) is 1.57. The number of aromatic nitrogens is 1. The van der Waals surface area contributed by atoms with Gasteiger partial charge in [-0.05, 0) is 12.1 Å². The van der Waals surface area contributed by atoms with Gasteiger partial charge in [0, 0.05) is 12.4 Å². The summed E-state index contributed by atoms with van der Waals surface area (Å²) in [4.78, 5) is 18.6. The van der Waals surface area contributed by atoms with E-state index in [1.54, 1.807) is 24.5 Å². The van der Waals surface area contributed by atoms with Crippen molar-refractivity contribution >= 4 is 11.9 Å². The van der Waals surface area contributed by atoms with Crippen molar-refractivity contribution in [3.05, 3.63) is 42.4 Å². The monoisotopic (exact) mass is 174 g/mol. The predicted molar refractivity (Wildman–Crippen MR) is 46.0 cm³/mol. The van der Waals surface area contributed by atoms with E-state index in [-0.39, 0.29) is 11.6 Å². The van der Waals surface area contributed by atoms with E-state index in [2.05, 4.69) is 16.6 Å². The number of esters is 1. The van der Waals surface area contributed by atoms with Gasteiger partial charge in [0.25, 0.3) is 0 Å². The smallest absolute Gasteiger partial charge is 0.363 e. The highest BCUT2D eigenvalue weighted by Crippen LogP contribution is 2.13. The molecule has 4 heteroatoms. The van der Waals surface area contributed by atoms with Crippen LogP contribution in [0.5, 0.6) is 0 Å². The Morgan fingerprint density at radius 2 is 2.31 bits per heavy atom. The van der Waals surface area contributed by atoms with Crippen LogP contribution < -0.4 is 0 Å². The minimum absolute atomic E-state index is 0.124. The zero-order valence-corrected chi connectivity index (χ0v) is 6.73. The summed E-state index contributed by atoms with van der Waals surface area (Å²) in [6.45, 7) is 3.43. The summed E-state index contributed by atoms with van der Waals surface area (Å²) in [7, 11) is 0. The van der Waals surface area contributed by atoms with Crippen LogP contribution in [0.3, 0.4) is 0 Å². The number of rotatable bonds is 1. The summed E-state index contributed by atoms with van der Waals surface area (Å²) >= 11 is 0. The van der Waals surface area contributed by atoms with E-state index in [1.807, 2.05) is 0 Å². The van der Waals surface area contributed by atoms with Crippen LogP contribution in [0.4, 0.5) is 0 Å². The molecule has 1 aromatic rings. The fraction of sp³-hybridized carbons (Fsp3) is 0. The van der Waals surface area contributed by atoms with Crippen LogP contribution >= 0.6 is 0 Å². The van der Waals surface area contributed by atoms with Crippen LogP contribution in [0.15, 0.2) is 41.8 Å². The Kier molecular flexibility index (Phi) is 1.66. The first kappa shape index (κ1) is 7.67. The van der Waals surface area contributed by atoms with E-state index in [4.69, 9.17) is 4.74 Å². The second-order valence-electron chi connectivity index (χ2n) is 2.49. The molecule has 0 saturated carbocycles. The lowest BCUT2D eigenvalue weighted by molar-refractivity contribution is -0.129. The van der Waals surface area contributed by atoms with Crippen molar-refractivity contribution in [1.82, 2.24) is 4.98 Å². The lowest BCUT2D eigenvalue weighted by Crippen LogP contribution is -2.05. The molecule has 0 saturated heterocycles. The lowest BCUT2D eigenvalue weighted by atomic mass is 10.3. The molecular weight excluding hydrogens is 168 g/mol. The molecule has 0 fully saturated rings. The van der Waals surface area contributed by atoms with Gasteiger partial charge < -0.3 is 4.74 Å². The Hall–Kier alpha value is -1.97.